The maximum atomic E-state index is 6.60. The molecule has 0 unspecified atom stereocenters. The molecule has 27 heavy (non-hydrogen) atoms. The highest BCUT2D eigenvalue weighted by atomic mass is 35.5. The largest absolute Gasteiger partial charge is 0.363 e. The number of benzene rings is 2. The Kier molecular flexibility index (Phi) is 3.55. The summed E-state index contributed by atoms with van der Waals surface area (Å²) < 4.78 is 0. The molecule has 2 aromatic rings. The standard InChI is InChI=1S/C24H21Cl2N/c25-16-9-7-14(8-10-16)23-20-6-2-5-19(20)22-12-17(26)11-21-18-4-1-3-15(18)13-27(23)24(21)22/h1-2,4-5,7-12,15,18-20,23H,3,6,13H2/t15-,18+,19+,20-,23+/m1/s1. The minimum absolute atomic E-state index is 0.399. The van der Waals surface area contributed by atoms with Crippen LogP contribution in [-0.2, 0) is 0 Å². The van der Waals surface area contributed by atoms with E-state index in [1.165, 1.54) is 28.8 Å². The van der Waals surface area contributed by atoms with Crippen molar-refractivity contribution in [3.63, 3.8) is 0 Å². The van der Waals surface area contributed by atoms with Crippen molar-refractivity contribution in [1.82, 2.24) is 0 Å². The van der Waals surface area contributed by atoms with Gasteiger partial charge in [-0.05, 0) is 65.6 Å². The molecule has 0 radical (unpaired) electrons. The van der Waals surface area contributed by atoms with Gasteiger partial charge in [-0.25, -0.2) is 0 Å². The van der Waals surface area contributed by atoms with E-state index in [1.54, 1.807) is 0 Å². The van der Waals surface area contributed by atoms with Crippen molar-refractivity contribution >= 4 is 28.9 Å². The summed E-state index contributed by atoms with van der Waals surface area (Å²) in [5, 5.41) is 1.69. The normalized spacial score (nSPS) is 32.4. The Morgan fingerprint density at radius 1 is 0.815 bits per heavy atom. The fourth-order valence-corrected chi connectivity index (χ4v) is 6.34. The van der Waals surface area contributed by atoms with Gasteiger partial charge in [0.05, 0.1) is 6.04 Å². The molecule has 0 amide bonds. The highest BCUT2D eigenvalue weighted by molar-refractivity contribution is 6.31. The number of anilines is 1. The zero-order chi connectivity index (χ0) is 18.1. The summed E-state index contributed by atoms with van der Waals surface area (Å²) >= 11 is 12.8. The van der Waals surface area contributed by atoms with Gasteiger partial charge in [0, 0.05) is 34.1 Å². The van der Waals surface area contributed by atoms with Crippen LogP contribution in [0.25, 0.3) is 0 Å². The maximum absolute atomic E-state index is 6.60. The fourth-order valence-electron chi connectivity index (χ4n) is 5.98. The summed E-state index contributed by atoms with van der Waals surface area (Å²) in [6, 6.07) is 13.4. The van der Waals surface area contributed by atoms with Crippen LogP contribution < -0.4 is 4.90 Å². The summed E-state index contributed by atoms with van der Waals surface area (Å²) in [6.07, 6.45) is 11.8. The molecule has 0 aromatic heterocycles. The number of hydrogen-bond donors (Lipinski definition) is 0. The number of rotatable bonds is 1. The molecule has 2 aliphatic heterocycles. The Morgan fingerprint density at radius 3 is 2.33 bits per heavy atom. The van der Waals surface area contributed by atoms with Gasteiger partial charge in [0.15, 0.2) is 0 Å². The Balaban J connectivity index is 1.59. The molecule has 136 valence electrons. The zero-order valence-electron chi connectivity index (χ0n) is 15.0. The van der Waals surface area contributed by atoms with E-state index < -0.39 is 0 Å². The predicted molar refractivity (Wildman–Crippen MR) is 113 cm³/mol. The molecule has 2 aromatic carbocycles. The first-order valence-corrected chi connectivity index (χ1v) is 10.6. The maximum Gasteiger partial charge on any atom is 0.0582 e. The van der Waals surface area contributed by atoms with Gasteiger partial charge in [0.25, 0.3) is 0 Å². The monoisotopic (exact) mass is 393 g/mol. The molecule has 0 saturated carbocycles. The molecule has 0 bridgehead atoms. The molecule has 0 spiro atoms. The first kappa shape index (κ1) is 16.3. The van der Waals surface area contributed by atoms with Gasteiger partial charge in [0.1, 0.15) is 0 Å². The third-order valence-corrected chi connectivity index (χ3v) is 7.50. The summed E-state index contributed by atoms with van der Waals surface area (Å²) in [5.74, 6) is 2.19. The first-order chi connectivity index (χ1) is 13.2. The number of halogens is 2. The summed E-state index contributed by atoms with van der Waals surface area (Å²) in [5.41, 5.74) is 5.69. The third-order valence-electron chi connectivity index (χ3n) is 7.03. The Hall–Kier alpha value is -1.70. The third kappa shape index (κ3) is 2.31. The summed E-state index contributed by atoms with van der Waals surface area (Å²) in [4.78, 5) is 2.70. The molecule has 6 rings (SSSR count). The first-order valence-electron chi connectivity index (χ1n) is 9.89. The molecule has 4 aliphatic rings. The van der Waals surface area contributed by atoms with Gasteiger partial charge >= 0.3 is 0 Å². The average Bonchev–Trinajstić information content (AvgIpc) is 3.32. The van der Waals surface area contributed by atoms with Crippen molar-refractivity contribution in [3.05, 3.63) is 87.4 Å². The number of nitrogens with zero attached hydrogens (tertiary/aromatic N) is 1. The molecule has 2 heterocycles. The van der Waals surface area contributed by atoms with Crippen LogP contribution in [0.2, 0.25) is 10.0 Å². The SMILES string of the molecule is Clc1ccc([C@H]2[C@@H]3CC=C[C@@H]3c3cc(Cl)cc4c3N2C[C@H]2CC=C[C@H]42)cc1. The van der Waals surface area contributed by atoms with Gasteiger partial charge < -0.3 is 4.90 Å². The van der Waals surface area contributed by atoms with E-state index in [-0.39, 0.29) is 0 Å². The van der Waals surface area contributed by atoms with Gasteiger partial charge in [-0.1, -0.05) is 59.6 Å². The molecule has 0 saturated heterocycles. The Labute approximate surface area is 170 Å². The van der Waals surface area contributed by atoms with Gasteiger partial charge in [0.2, 0.25) is 0 Å². The molecular formula is C24H21Cl2N. The van der Waals surface area contributed by atoms with Gasteiger partial charge in [-0.3, -0.25) is 0 Å². The van der Waals surface area contributed by atoms with E-state index in [2.05, 4.69) is 53.5 Å². The van der Waals surface area contributed by atoms with Crippen LogP contribution >= 0.6 is 23.2 Å². The van der Waals surface area contributed by atoms with E-state index in [0.717, 1.165) is 23.0 Å². The Morgan fingerprint density at radius 2 is 1.52 bits per heavy atom. The van der Waals surface area contributed by atoms with E-state index in [4.69, 9.17) is 23.2 Å². The van der Waals surface area contributed by atoms with Crippen molar-refractivity contribution in [2.75, 3.05) is 11.4 Å². The number of hydrogen-bond acceptors (Lipinski definition) is 1. The van der Waals surface area contributed by atoms with Crippen LogP contribution in [0.5, 0.6) is 0 Å². The second kappa shape index (κ2) is 5.90. The Bertz CT molecular complexity index is 957. The lowest BCUT2D eigenvalue weighted by Crippen LogP contribution is -2.46. The van der Waals surface area contributed by atoms with E-state index in [9.17, 15) is 0 Å². The molecule has 3 heteroatoms. The predicted octanol–water partition coefficient (Wildman–Crippen LogP) is 6.89. The van der Waals surface area contributed by atoms with Gasteiger partial charge in [-0.15, -0.1) is 0 Å². The van der Waals surface area contributed by atoms with Crippen molar-refractivity contribution in [1.29, 1.82) is 0 Å². The van der Waals surface area contributed by atoms with Crippen LogP contribution in [0.4, 0.5) is 5.69 Å². The van der Waals surface area contributed by atoms with E-state index in [1.807, 2.05) is 12.1 Å². The smallest absolute Gasteiger partial charge is 0.0582 e. The minimum atomic E-state index is 0.399. The topological polar surface area (TPSA) is 3.24 Å². The van der Waals surface area contributed by atoms with Crippen molar-refractivity contribution < 1.29 is 0 Å². The fraction of sp³-hybridized carbons (Fsp3) is 0.333. The van der Waals surface area contributed by atoms with Gasteiger partial charge in [-0.2, -0.15) is 0 Å². The average molecular weight is 394 g/mol. The molecule has 5 atom stereocenters. The van der Waals surface area contributed by atoms with E-state index in [0.29, 0.717) is 29.7 Å². The molecule has 0 fully saturated rings. The number of allylic oxidation sites excluding steroid dienone is 4. The van der Waals surface area contributed by atoms with Crippen molar-refractivity contribution in [3.8, 4) is 0 Å². The second-order valence-corrected chi connectivity index (χ2v) is 9.26. The van der Waals surface area contributed by atoms with Crippen LogP contribution in [-0.4, -0.2) is 6.54 Å². The molecule has 0 N–H and O–H groups in total. The van der Waals surface area contributed by atoms with E-state index >= 15 is 0 Å². The zero-order valence-corrected chi connectivity index (χ0v) is 16.5. The molecule has 2 aliphatic carbocycles. The number of fused-ring (bicyclic) bond motifs is 4. The van der Waals surface area contributed by atoms with Crippen LogP contribution in [0, 0.1) is 11.8 Å². The summed E-state index contributed by atoms with van der Waals surface area (Å²) in [7, 11) is 0. The summed E-state index contributed by atoms with van der Waals surface area (Å²) in [6.45, 7) is 1.12. The van der Waals surface area contributed by atoms with Crippen LogP contribution in [0.1, 0.15) is 47.4 Å². The second-order valence-electron chi connectivity index (χ2n) is 8.38. The van der Waals surface area contributed by atoms with Crippen molar-refractivity contribution in [2.45, 2.75) is 30.7 Å². The quantitative estimate of drug-likeness (QED) is 0.476. The minimum Gasteiger partial charge on any atom is -0.363 e. The lowest BCUT2D eigenvalue weighted by Gasteiger charge is -2.51. The highest BCUT2D eigenvalue weighted by Crippen LogP contribution is 2.59. The van der Waals surface area contributed by atoms with Crippen LogP contribution in [0.3, 0.4) is 0 Å². The lowest BCUT2D eigenvalue weighted by molar-refractivity contribution is 0.335. The van der Waals surface area contributed by atoms with Crippen molar-refractivity contribution in [2.24, 2.45) is 11.8 Å². The lowest BCUT2D eigenvalue weighted by atomic mass is 9.71. The highest BCUT2D eigenvalue weighted by Gasteiger charge is 2.47. The molecular weight excluding hydrogens is 373 g/mol. The molecule has 1 nitrogen and oxygen atoms in total. The van der Waals surface area contributed by atoms with Crippen LogP contribution in [0.15, 0.2) is 60.7 Å².